The number of benzene rings is 2. The van der Waals surface area contributed by atoms with E-state index in [2.05, 4.69) is 27.3 Å². The molecule has 1 aliphatic rings. The number of aromatic nitrogens is 3. The quantitative estimate of drug-likeness (QED) is 0.473. The summed E-state index contributed by atoms with van der Waals surface area (Å²) in [5.41, 5.74) is 6.40. The third kappa shape index (κ3) is 4.32. The SMILES string of the molecule is O=C(Cn1c(-c2cscn2)nc2ccccc21)Nc1ccc(N2CCCCCC2)cc1. The second-order valence-electron chi connectivity index (χ2n) is 7.88. The molecule has 1 amide bonds. The molecule has 0 unspecified atom stereocenters. The summed E-state index contributed by atoms with van der Waals surface area (Å²) in [6.45, 7) is 2.40. The standard InChI is InChI=1S/C24H25N5OS/c30-23(26-18-9-11-19(12-10-18)28-13-5-1-2-6-14-28)15-29-22-8-4-3-7-20(22)27-24(29)21-16-31-17-25-21/h3-4,7-12,16-17H,1-2,5-6,13-15H2,(H,26,30). The predicted molar refractivity (Wildman–Crippen MR) is 127 cm³/mol. The molecule has 0 radical (unpaired) electrons. The van der Waals surface area contributed by atoms with Gasteiger partial charge in [0.05, 0.1) is 16.5 Å². The lowest BCUT2D eigenvalue weighted by Gasteiger charge is -2.22. The van der Waals surface area contributed by atoms with Crippen LogP contribution in [0.5, 0.6) is 0 Å². The maximum atomic E-state index is 12.9. The third-order valence-electron chi connectivity index (χ3n) is 5.74. The van der Waals surface area contributed by atoms with Crippen molar-refractivity contribution in [2.45, 2.75) is 32.2 Å². The molecule has 2 aromatic carbocycles. The highest BCUT2D eigenvalue weighted by atomic mass is 32.1. The molecule has 0 bridgehead atoms. The number of carbonyl (C=O) groups is 1. The largest absolute Gasteiger partial charge is 0.372 e. The van der Waals surface area contributed by atoms with E-state index >= 15 is 0 Å². The van der Waals surface area contributed by atoms with Gasteiger partial charge in [0.1, 0.15) is 12.2 Å². The highest BCUT2D eigenvalue weighted by Gasteiger charge is 2.17. The molecule has 158 valence electrons. The first-order valence-corrected chi connectivity index (χ1v) is 11.7. The number of nitrogens with zero attached hydrogens (tertiary/aromatic N) is 4. The van der Waals surface area contributed by atoms with Crippen LogP contribution in [0.3, 0.4) is 0 Å². The Bertz CT molecular complexity index is 1160. The van der Waals surface area contributed by atoms with Crippen molar-refractivity contribution in [3.63, 3.8) is 0 Å². The summed E-state index contributed by atoms with van der Waals surface area (Å²) in [6, 6.07) is 16.1. The second kappa shape index (κ2) is 8.89. The molecule has 1 N–H and O–H groups in total. The van der Waals surface area contributed by atoms with E-state index in [1.165, 1.54) is 42.7 Å². The summed E-state index contributed by atoms with van der Waals surface area (Å²) in [5.74, 6) is 0.635. The van der Waals surface area contributed by atoms with Crippen LogP contribution >= 0.6 is 11.3 Å². The van der Waals surface area contributed by atoms with Crippen molar-refractivity contribution in [1.29, 1.82) is 0 Å². The minimum Gasteiger partial charge on any atom is -0.372 e. The molecule has 5 rings (SSSR count). The molecule has 0 spiro atoms. The summed E-state index contributed by atoms with van der Waals surface area (Å²) in [4.78, 5) is 24.4. The van der Waals surface area contributed by atoms with E-state index in [0.717, 1.165) is 35.5 Å². The van der Waals surface area contributed by atoms with Gasteiger partial charge in [0.15, 0.2) is 5.82 Å². The molecular formula is C24H25N5OS. The smallest absolute Gasteiger partial charge is 0.244 e. The number of carbonyl (C=O) groups excluding carboxylic acids is 1. The number of hydrogen-bond acceptors (Lipinski definition) is 5. The van der Waals surface area contributed by atoms with Gasteiger partial charge >= 0.3 is 0 Å². The lowest BCUT2D eigenvalue weighted by atomic mass is 10.2. The monoisotopic (exact) mass is 431 g/mol. The van der Waals surface area contributed by atoms with Gasteiger partial charge in [0, 0.05) is 29.8 Å². The molecular weight excluding hydrogens is 406 g/mol. The maximum absolute atomic E-state index is 12.9. The van der Waals surface area contributed by atoms with Gasteiger partial charge in [-0.2, -0.15) is 0 Å². The molecule has 7 heteroatoms. The summed E-state index contributed by atoms with van der Waals surface area (Å²) < 4.78 is 1.94. The Morgan fingerprint density at radius 1 is 1.00 bits per heavy atom. The topological polar surface area (TPSA) is 63.1 Å². The first kappa shape index (κ1) is 19.8. The number of anilines is 2. The molecule has 1 saturated heterocycles. The number of para-hydroxylation sites is 2. The average Bonchev–Trinajstić information content (AvgIpc) is 3.35. The molecule has 0 aliphatic carbocycles. The van der Waals surface area contributed by atoms with E-state index < -0.39 is 0 Å². The zero-order valence-electron chi connectivity index (χ0n) is 17.3. The minimum atomic E-state index is -0.0813. The Morgan fingerprint density at radius 2 is 1.77 bits per heavy atom. The first-order valence-electron chi connectivity index (χ1n) is 10.8. The van der Waals surface area contributed by atoms with Crippen LogP contribution in [0, 0.1) is 0 Å². The van der Waals surface area contributed by atoms with Crippen molar-refractivity contribution in [3.8, 4) is 11.5 Å². The van der Waals surface area contributed by atoms with Crippen molar-refractivity contribution >= 4 is 39.7 Å². The van der Waals surface area contributed by atoms with Crippen molar-refractivity contribution in [1.82, 2.24) is 14.5 Å². The van der Waals surface area contributed by atoms with Crippen LogP contribution < -0.4 is 10.2 Å². The molecule has 2 aromatic heterocycles. The van der Waals surface area contributed by atoms with Crippen LogP contribution in [0.2, 0.25) is 0 Å². The molecule has 31 heavy (non-hydrogen) atoms. The normalized spacial score (nSPS) is 14.5. The number of fused-ring (bicyclic) bond motifs is 1. The molecule has 4 aromatic rings. The zero-order chi connectivity index (χ0) is 21.0. The van der Waals surface area contributed by atoms with E-state index in [1.807, 2.05) is 46.3 Å². The molecule has 6 nitrogen and oxygen atoms in total. The Morgan fingerprint density at radius 3 is 2.52 bits per heavy atom. The number of amides is 1. The number of nitrogens with one attached hydrogen (secondary N) is 1. The summed E-state index contributed by atoms with van der Waals surface area (Å²) in [5, 5.41) is 4.99. The van der Waals surface area contributed by atoms with Gasteiger partial charge < -0.3 is 14.8 Å². The van der Waals surface area contributed by atoms with Gasteiger partial charge in [-0.25, -0.2) is 9.97 Å². The van der Waals surface area contributed by atoms with Crippen molar-refractivity contribution in [2.75, 3.05) is 23.3 Å². The Hall–Kier alpha value is -3.19. The fraction of sp³-hybridized carbons (Fsp3) is 0.292. The molecule has 0 atom stereocenters. The van der Waals surface area contributed by atoms with Crippen molar-refractivity contribution in [3.05, 3.63) is 59.4 Å². The lowest BCUT2D eigenvalue weighted by Crippen LogP contribution is -2.23. The highest BCUT2D eigenvalue weighted by molar-refractivity contribution is 7.07. The average molecular weight is 432 g/mol. The summed E-state index contributed by atoms with van der Waals surface area (Å²) in [7, 11) is 0. The Kier molecular flexibility index (Phi) is 5.67. The number of rotatable bonds is 5. The Balaban J connectivity index is 1.33. The van der Waals surface area contributed by atoms with E-state index in [4.69, 9.17) is 4.98 Å². The lowest BCUT2D eigenvalue weighted by molar-refractivity contribution is -0.116. The van der Waals surface area contributed by atoms with Gasteiger partial charge in [-0.3, -0.25) is 4.79 Å². The fourth-order valence-corrected chi connectivity index (χ4v) is 4.71. The minimum absolute atomic E-state index is 0.0813. The van der Waals surface area contributed by atoms with Crippen LogP contribution in [0.15, 0.2) is 59.4 Å². The molecule has 1 fully saturated rings. The fourth-order valence-electron chi connectivity index (χ4n) is 4.18. The van der Waals surface area contributed by atoms with Gasteiger partial charge in [-0.1, -0.05) is 25.0 Å². The van der Waals surface area contributed by atoms with Crippen LogP contribution in [-0.4, -0.2) is 33.5 Å². The number of thiazole rings is 1. The summed E-state index contributed by atoms with van der Waals surface area (Å²) in [6.07, 6.45) is 5.13. The maximum Gasteiger partial charge on any atom is 0.244 e. The van der Waals surface area contributed by atoms with Crippen LogP contribution in [0.1, 0.15) is 25.7 Å². The van der Waals surface area contributed by atoms with Gasteiger partial charge in [-0.15, -0.1) is 11.3 Å². The Labute approximate surface area is 185 Å². The van der Waals surface area contributed by atoms with Gasteiger partial charge in [0.25, 0.3) is 0 Å². The van der Waals surface area contributed by atoms with E-state index in [9.17, 15) is 4.79 Å². The van der Waals surface area contributed by atoms with Crippen LogP contribution in [0.25, 0.3) is 22.6 Å². The first-order chi connectivity index (χ1) is 15.3. The van der Waals surface area contributed by atoms with Crippen LogP contribution in [0.4, 0.5) is 11.4 Å². The van der Waals surface area contributed by atoms with E-state index in [0.29, 0.717) is 5.82 Å². The third-order valence-corrected chi connectivity index (χ3v) is 6.33. The number of imidazole rings is 1. The van der Waals surface area contributed by atoms with Gasteiger partial charge in [-0.05, 0) is 49.2 Å². The molecule has 0 saturated carbocycles. The molecule has 1 aliphatic heterocycles. The van der Waals surface area contributed by atoms with Gasteiger partial charge in [0.2, 0.25) is 5.91 Å². The van der Waals surface area contributed by atoms with Crippen molar-refractivity contribution in [2.24, 2.45) is 0 Å². The molecule has 3 heterocycles. The highest BCUT2D eigenvalue weighted by Crippen LogP contribution is 2.25. The van der Waals surface area contributed by atoms with Crippen LogP contribution in [-0.2, 0) is 11.3 Å². The zero-order valence-corrected chi connectivity index (χ0v) is 18.1. The second-order valence-corrected chi connectivity index (χ2v) is 8.60. The number of hydrogen-bond donors (Lipinski definition) is 1. The van der Waals surface area contributed by atoms with E-state index in [1.54, 1.807) is 5.51 Å². The van der Waals surface area contributed by atoms with Crippen molar-refractivity contribution < 1.29 is 4.79 Å². The van der Waals surface area contributed by atoms with E-state index in [-0.39, 0.29) is 12.5 Å². The predicted octanol–water partition coefficient (Wildman–Crippen LogP) is 5.18. The summed E-state index contributed by atoms with van der Waals surface area (Å²) >= 11 is 1.52.